The van der Waals surface area contributed by atoms with Gasteiger partial charge in [-0.25, -0.2) is 0 Å². The van der Waals surface area contributed by atoms with E-state index >= 15 is 0 Å². The predicted octanol–water partition coefficient (Wildman–Crippen LogP) is 20.0. The Bertz CT molecular complexity index is 4570. The van der Waals surface area contributed by atoms with E-state index in [1.165, 1.54) is 120 Å². The van der Waals surface area contributed by atoms with E-state index in [0.717, 1.165) is 22.7 Å². The molecule has 0 atom stereocenters. The van der Waals surface area contributed by atoms with Crippen molar-refractivity contribution in [1.82, 2.24) is 4.57 Å². The number of hydrogen-bond acceptors (Lipinski definition) is 2. The van der Waals surface area contributed by atoms with Crippen molar-refractivity contribution in [2.24, 2.45) is 0 Å². The molecule has 0 saturated heterocycles. The van der Waals surface area contributed by atoms with Crippen LogP contribution in [-0.4, -0.2) is 4.57 Å². The van der Waals surface area contributed by atoms with Crippen LogP contribution in [0.2, 0.25) is 0 Å². The summed E-state index contributed by atoms with van der Waals surface area (Å²) in [6, 6.07) is 104. The van der Waals surface area contributed by atoms with E-state index in [-0.39, 0.29) is 0 Å². The Labute approximate surface area is 445 Å². The summed E-state index contributed by atoms with van der Waals surface area (Å²) < 4.78 is 5.02. The molecule has 0 bridgehead atoms. The van der Waals surface area contributed by atoms with E-state index in [4.69, 9.17) is 0 Å². The quantitative estimate of drug-likeness (QED) is 0.161. The molecule has 3 heteroatoms. The molecule has 2 aliphatic carbocycles. The lowest BCUT2D eigenvalue weighted by atomic mass is 9.66. The summed E-state index contributed by atoms with van der Waals surface area (Å²) in [5.74, 6) is 0. The fourth-order valence-corrected chi connectivity index (χ4v) is 14.3. The minimum atomic E-state index is -0.597. The Balaban J connectivity index is 0.892. The highest BCUT2D eigenvalue weighted by molar-refractivity contribution is 7.25. The average Bonchev–Trinajstić information content (AvgIpc) is 4.25. The molecule has 0 radical (unpaired) electrons. The number of thiophene rings is 1. The van der Waals surface area contributed by atoms with E-state index in [1.807, 2.05) is 11.3 Å². The van der Waals surface area contributed by atoms with Gasteiger partial charge in [0.1, 0.15) is 0 Å². The molecule has 354 valence electrons. The zero-order valence-electron chi connectivity index (χ0n) is 41.4. The lowest BCUT2D eigenvalue weighted by Crippen LogP contribution is -2.29. The van der Waals surface area contributed by atoms with Crippen LogP contribution in [0.5, 0.6) is 0 Å². The third-order valence-corrected chi connectivity index (χ3v) is 17.6. The smallest absolute Gasteiger partial charge is 0.0726 e. The second-order valence-electron chi connectivity index (χ2n) is 20.3. The maximum atomic E-state index is 2.50. The Kier molecular flexibility index (Phi) is 9.45. The number of anilines is 3. The highest BCUT2D eigenvalue weighted by Gasteiger charge is 2.50. The van der Waals surface area contributed by atoms with Gasteiger partial charge in [-0.1, -0.05) is 200 Å². The lowest BCUT2D eigenvalue weighted by molar-refractivity contribution is 0.775. The zero-order valence-corrected chi connectivity index (χ0v) is 42.2. The molecular formula is C73H46N2S. The van der Waals surface area contributed by atoms with Crippen molar-refractivity contribution in [3.63, 3.8) is 0 Å². The van der Waals surface area contributed by atoms with Crippen molar-refractivity contribution >= 4 is 70.4 Å². The third kappa shape index (κ3) is 6.21. The Morgan fingerprint density at radius 1 is 0.303 bits per heavy atom. The molecule has 16 rings (SSSR count). The first-order valence-electron chi connectivity index (χ1n) is 26.2. The minimum Gasteiger partial charge on any atom is -0.310 e. The molecule has 2 nitrogen and oxygen atoms in total. The molecule has 2 aliphatic rings. The summed E-state index contributed by atoms with van der Waals surface area (Å²) in [5.41, 5.74) is 23.8. The minimum absolute atomic E-state index is 0.597. The maximum absolute atomic E-state index is 2.50. The van der Waals surface area contributed by atoms with E-state index in [0.29, 0.717) is 0 Å². The third-order valence-electron chi connectivity index (χ3n) is 16.4. The Hall–Kier alpha value is -9.54. The van der Waals surface area contributed by atoms with Crippen LogP contribution in [0.25, 0.3) is 103 Å². The van der Waals surface area contributed by atoms with Crippen LogP contribution >= 0.6 is 11.3 Å². The number of para-hydroxylation sites is 2. The van der Waals surface area contributed by atoms with Gasteiger partial charge in [-0.2, -0.15) is 0 Å². The monoisotopic (exact) mass is 982 g/mol. The number of fused-ring (bicyclic) bond motifs is 18. The summed E-state index contributed by atoms with van der Waals surface area (Å²) in [7, 11) is 0. The first kappa shape index (κ1) is 42.9. The number of rotatable bonds is 6. The van der Waals surface area contributed by atoms with Crippen LogP contribution in [0, 0.1) is 0 Å². The van der Waals surface area contributed by atoms with Crippen molar-refractivity contribution in [2.75, 3.05) is 4.90 Å². The molecule has 2 heterocycles. The topological polar surface area (TPSA) is 8.17 Å². The first-order chi connectivity index (χ1) is 37.7. The zero-order chi connectivity index (χ0) is 49.9. The highest BCUT2D eigenvalue weighted by atomic mass is 32.1. The van der Waals surface area contributed by atoms with Gasteiger partial charge in [-0.15, -0.1) is 11.3 Å². The molecule has 0 aliphatic heterocycles. The van der Waals surface area contributed by atoms with Gasteiger partial charge in [0.05, 0.1) is 22.1 Å². The average molecular weight is 983 g/mol. The van der Waals surface area contributed by atoms with Gasteiger partial charge in [0.15, 0.2) is 0 Å². The molecule has 2 aromatic heterocycles. The molecule has 0 amide bonds. The summed E-state index contributed by atoms with van der Waals surface area (Å²) in [4.78, 5) is 2.50. The highest BCUT2D eigenvalue weighted by Crippen LogP contribution is 2.63. The molecule has 0 saturated carbocycles. The van der Waals surface area contributed by atoms with Crippen molar-refractivity contribution in [3.05, 3.63) is 301 Å². The van der Waals surface area contributed by atoms with E-state index in [2.05, 4.69) is 289 Å². The number of aromatic nitrogens is 1. The summed E-state index contributed by atoms with van der Waals surface area (Å²) in [6.07, 6.45) is 0. The molecule has 14 aromatic rings. The fourth-order valence-electron chi connectivity index (χ4n) is 13.2. The van der Waals surface area contributed by atoms with Crippen LogP contribution in [0.1, 0.15) is 22.3 Å². The van der Waals surface area contributed by atoms with E-state index in [1.54, 1.807) is 0 Å². The summed E-state index contributed by atoms with van der Waals surface area (Å²) in [5, 5.41) is 5.11. The van der Waals surface area contributed by atoms with Crippen LogP contribution in [0.15, 0.2) is 279 Å². The van der Waals surface area contributed by atoms with Gasteiger partial charge >= 0.3 is 0 Å². The van der Waals surface area contributed by atoms with Gasteiger partial charge in [-0.3, -0.25) is 0 Å². The van der Waals surface area contributed by atoms with Gasteiger partial charge in [0.25, 0.3) is 0 Å². The first-order valence-corrected chi connectivity index (χ1v) is 27.1. The van der Waals surface area contributed by atoms with E-state index in [9.17, 15) is 0 Å². The molecule has 76 heavy (non-hydrogen) atoms. The Morgan fingerprint density at radius 3 is 1.45 bits per heavy atom. The van der Waals surface area contributed by atoms with E-state index < -0.39 is 5.41 Å². The SMILES string of the molecule is c1ccc(-n2c3ccccc3c3cc(-c4ccc(N(c5ccc(-c6ccc7sc8ccccc8c7c6)cc5)c5cccc6c5-c5ccccc5C65c6ccccc6-c6ccccc6-c6ccccc65)cc4)ccc32)cc1. The van der Waals surface area contributed by atoms with Crippen LogP contribution < -0.4 is 4.90 Å². The Morgan fingerprint density at radius 2 is 0.776 bits per heavy atom. The second-order valence-corrected chi connectivity index (χ2v) is 21.4. The molecule has 0 unspecified atom stereocenters. The number of nitrogens with zero attached hydrogens (tertiary/aromatic N) is 2. The molecular weight excluding hydrogens is 937 g/mol. The van der Waals surface area contributed by atoms with Crippen LogP contribution in [0.4, 0.5) is 17.1 Å². The largest absolute Gasteiger partial charge is 0.310 e. The second kappa shape index (κ2) is 16.7. The molecule has 0 fully saturated rings. The fraction of sp³-hybridized carbons (Fsp3) is 0.0137. The van der Waals surface area contributed by atoms with Gasteiger partial charge in [-0.05, 0) is 151 Å². The standard InChI is InChI=1S/C73H46N2S/c1-2-17-51(18-3-1)75-67-30-14-9-23-58(67)61-45-49(37-43-68(61)75)47-33-39-52(40-34-47)74(53-41-35-48(36-42-53)50-38-44-71-62(46-50)59-24-10-15-32-70(59)76-71)69-31-16-29-66-72(69)60-25-8-13-28-65(60)73(66)63-26-11-6-21-56(63)54-19-4-5-20-55(54)57-22-7-12-27-64(57)73/h1-46H. The summed E-state index contributed by atoms with van der Waals surface area (Å²) in [6.45, 7) is 0. The number of hydrogen-bond donors (Lipinski definition) is 0. The van der Waals surface area contributed by atoms with Gasteiger partial charge in [0.2, 0.25) is 0 Å². The molecule has 12 aromatic carbocycles. The van der Waals surface area contributed by atoms with Crippen LogP contribution in [0.3, 0.4) is 0 Å². The maximum Gasteiger partial charge on any atom is 0.0726 e. The number of benzene rings is 12. The van der Waals surface area contributed by atoms with Gasteiger partial charge in [0, 0.05) is 53.6 Å². The molecule has 1 spiro atoms. The molecule has 0 N–H and O–H groups in total. The van der Waals surface area contributed by atoms with Crippen molar-refractivity contribution < 1.29 is 0 Å². The van der Waals surface area contributed by atoms with Gasteiger partial charge < -0.3 is 9.47 Å². The lowest BCUT2D eigenvalue weighted by Gasteiger charge is -2.35. The predicted molar refractivity (Wildman–Crippen MR) is 321 cm³/mol. The summed E-state index contributed by atoms with van der Waals surface area (Å²) >= 11 is 1.86. The van der Waals surface area contributed by atoms with Crippen molar-refractivity contribution in [2.45, 2.75) is 5.41 Å². The van der Waals surface area contributed by atoms with Crippen LogP contribution in [-0.2, 0) is 5.41 Å². The van der Waals surface area contributed by atoms with Crippen molar-refractivity contribution in [3.8, 4) is 61.3 Å². The van der Waals surface area contributed by atoms with Crippen molar-refractivity contribution in [1.29, 1.82) is 0 Å². The normalized spacial score (nSPS) is 12.8.